The Balaban J connectivity index is 1.34. The van der Waals surface area contributed by atoms with E-state index in [1.54, 1.807) is 6.20 Å². The van der Waals surface area contributed by atoms with Crippen LogP contribution in [-0.4, -0.2) is 53.1 Å². The number of carbonyl (C=O) groups is 1. The van der Waals surface area contributed by atoms with Crippen molar-refractivity contribution in [2.45, 2.75) is 44.7 Å². The molecule has 6 heteroatoms. The molecule has 6 nitrogen and oxygen atoms in total. The van der Waals surface area contributed by atoms with Gasteiger partial charge >= 0.3 is 6.03 Å². The van der Waals surface area contributed by atoms with Crippen molar-refractivity contribution in [1.82, 2.24) is 20.0 Å². The molecule has 2 aliphatic heterocycles. The van der Waals surface area contributed by atoms with Crippen molar-refractivity contribution in [2.24, 2.45) is 11.3 Å². The second kappa shape index (κ2) is 6.15. The number of ether oxygens (including phenoxy) is 1. The highest BCUT2D eigenvalue weighted by molar-refractivity contribution is 5.76. The van der Waals surface area contributed by atoms with E-state index in [-0.39, 0.29) is 6.03 Å². The first-order valence-electron chi connectivity index (χ1n) is 8.88. The average Bonchev–Trinajstić information content (AvgIpc) is 2.99. The van der Waals surface area contributed by atoms with Gasteiger partial charge in [-0.15, -0.1) is 0 Å². The van der Waals surface area contributed by atoms with E-state index in [1.807, 2.05) is 16.9 Å². The number of rotatable bonds is 4. The molecule has 1 atom stereocenters. The maximum atomic E-state index is 12.6. The van der Waals surface area contributed by atoms with Crippen LogP contribution in [0.25, 0.3) is 0 Å². The molecule has 0 radical (unpaired) electrons. The molecule has 1 spiro atoms. The van der Waals surface area contributed by atoms with Gasteiger partial charge in [-0.1, -0.05) is 6.42 Å². The Morgan fingerprint density at radius 1 is 1.35 bits per heavy atom. The zero-order chi connectivity index (χ0) is 15.7. The molecule has 1 saturated carbocycles. The van der Waals surface area contributed by atoms with Crippen LogP contribution in [0.4, 0.5) is 4.79 Å². The SMILES string of the molecule is O=C(NCCn1cccn1)N1CC2(CCC2)C1C1CCOCC1. The van der Waals surface area contributed by atoms with Crippen LogP contribution in [-0.2, 0) is 11.3 Å². The fourth-order valence-corrected chi connectivity index (χ4v) is 4.63. The van der Waals surface area contributed by atoms with E-state index in [1.165, 1.54) is 19.3 Å². The summed E-state index contributed by atoms with van der Waals surface area (Å²) in [4.78, 5) is 14.7. The largest absolute Gasteiger partial charge is 0.381 e. The second-order valence-corrected chi connectivity index (χ2v) is 7.24. The van der Waals surface area contributed by atoms with Crippen molar-refractivity contribution in [1.29, 1.82) is 0 Å². The van der Waals surface area contributed by atoms with Crippen molar-refractivity contribution in [3.05, 3.63) is 18.5 Å². The Labute approximate surface area is 137 Å². The first-order chi connectivity index (χ1) is 11.3. The normalized spacial score (nSPS) is 26.6. The van der Waals surface area contributed by atoms with Gasteiger partial charge < -0.3 is 15.0 Å². The summed E-state index contributed by atoms with van der Waals surface area (Å²) in [7, 11) is 0. The van der Waals surface area contributed by atoms with Crippen molar-refractivity contribution < 1.29 is 9.53 Å². The van der Waals surface area contributed by atoms with Gasteiger partial charge in [0.05, 0.1) is 6.54 Å². The van der Waals surface area contributed by atoms with E-state index in [2.05, 4.69) is 15.3 Å². The molecule has 1 aromatic heterocycles. The van der Waals surface area contributed by atoms with E-state index in [4.69, 9.17) is 4.74 Å². The Bertz CT molecular complexity index is 535. The number of hydrogen-bond donors (Lipinski definition) is 1. The van der Waals surface area contributed by atoms with Gasteiger partial charge in [0.25, 0.3) is 0 Å². The monoisotopic (exact) mass is 318 g/mol. The molecule has 4 rings (SSSR count). The number of likely N-dealkylation sites (tertiary alicyclic amines) is 1. The molecule has 126 valence electrons. The lowest BCUT2D eigenvalue weighted by atomic mass is 9.54. The van der Waals surface area contributed by atoms with Crippen LogP contribution in [0.2, 0.25) is 0 Å². The molecule has 1 aliphatic carbocycles. The van der Waals surface area contributed by atoms with Crippen molar-refractivity contribution in [3.63, 3.8) is 0 Å². The maximum absolute atomic E-state index is 12.6. The molecule has 3 aliphatic rings. The highest BCUT2D eigenvalue weighted by Crippen LogP contribution is 2.56. The summed E-state index contributed by atoms with van der Waals surface area (Å²) in [6, 6.07) is 2.44. The van der Waals surface area contributed by atoms with Gasteiger partial charge in [0.2, 0.25) is 0 Å². The lowest BCUT2D eigenvalue weighted by molar-refractivity contribution is -0.137. The minimum absolute atomic E-state index is 0.103. The van der Waals surface area contributed by atoms with Crippen LogP contribution in [0.15, 0.2) is 18.5 Å². The predicted octanol–water partition coefficient (Wildman–Crippen LogP) is 1.87. The van der Waals surface area contributed by atoms with Crippen LogP contribution in [0, 0.1) is 11.3 Å². The minimum Gasteiger partial charge on any atom is -0.381 e. The first kappa shape index (κ1) is 15.0. The van der Waals surface area contributed by atoms with E-state index in [9.17, 15) is 4.79 Å². The average molecular weight is 318 g/mol. The number of urea groups is 1. The number of nitrogens with one attached hydrogen (secondary N) is 1. The van der Waals surface area contributed by atoms with Gasteiger partial charge in [-0.25, -0.2) is 4.79 Å². The summed E-state index contributed by atoms with van der Waals surface area (Å²) >= 11 is 0. The van der Waals surface area contributed by atoms with Gasteiger partial charge in [-0.2, -0.15) is 5.10 Å². The Morgan fingerprint density at radius 3 is 2.83 bits per heavy atom. The van der Waals surface area contributed by atoms with E-state index < -0.39 is 0 Å². The smallest absolute Gasteiger partial charge is 0.317 e. The molecule has 1 N–H and O–H groups in total. The summed E-state index contributed by atoms with van der Waals surface area (Å²) in [6.45, 7) is 4.00. The third-order valence-electron chi connectivity index (χ3n) is 5.95. The number of aromatic nitrogens is 2. The predicted molar refractivity (Wildman–Crippen MR) is 85.9 cm³/mol. The number of carbonyl (C=O) groups excluding carboxylic acids is 1. The first-order valence-corrected chi connectivity index (χ1v) is 8.88. The van der Waals surface area contributed by atoms with Gasteiger partial charge in [-0.3, -0.25) is 4.68 Å². The number of hydrogen-bond acceptors (Lipinski definition) is 3. The highest BCUT2D eigenvalue weighted by atomic mass is 16.5. The Morgan fingerprint density at radius 2 is 2.17 bits per heavy atom. The van der Waals surface area contributed by atoms with Gasteiger partial charge in [0.15, 0.2) is 0 Å². The summed E-state index contributed by atoms with van der Waals surface area (Å²) in [5.74, 6) is 0.620. The zero-order valence-corrected chi connectivity index (χ0v) is 13.6. The van der Waals surface area contributed by atoms with Crippen molar-refractivity contribution >= 4 is 6.03 Å². The molecule has 3 heterocycles. The van der Waals surface area contributed by atoms with Crippen LogP contribution in [0.3, 0.4) is 0 Å². The summed E-state index contributed by atoms with van der Waals surface area (Å²) in [6.07, 6.45) is 9.81. The molecule has 2 saturated heterocycles. The Hall–Kier alpha value is -1.56. The molecule has 1 unspecified atom stereocenters. The lowest BCUT2D eigenvalue weighted by Gasteiger charge is -2.64. The van der Waals surface area contributed by atoms with E-state index in [0.717, 1.165) is 39.1 Å². The Kier molecular flexibility index (Phi) is 4.01. The third-order valence-corrected chi connectivity index (χ3v) is 5.95. The minimum atomic E-state index is 0.103. The molecule has 1 aromatic rings. The molecule has 2 amide bonds. The van der Waals surface area contributed by atoms with Gasteiger partial charge in [-0.05, 0) is 37.7 Å². The number of nitrogens with zero attached hydrogens (tertiary/aromatic N) is 3. The van der Waals surface area contributed by atoms with Crippen molar-refractivity contribution in [2.75, 3.05) is 26.3 Å². The zero-order valence-electron chi connectivity index (χ0n) is 13.6. The van der Waals surface area contributed by atoms with Crippen LogP contribution >= 0.6 is 0 Å². The summed E-state index contributed by atoms with van der Waals surface area (Å²) < 4.78 is 7.36. The second-order valence-electron chi connectivity index (χ2n) is 7.24. The van der Waals surface area contributed by atoms with Gasteiger partial charge in [0, 0.05) is 50.2 Å². The fourth-order valence-electron chi connectivity index (χ4n) is 4.63. The molecular formula is C17H26N4O2. The molecule has 0 aromatic carbocycles. The van der Waals surface area contributed by atoms with Crippen molar-refractivity contribution in [3.8, 4) is 0 Å². The quantitative estimate of drug-likeness (QED) is 0.922. The molecule has 23 heavy (non-hydrogen) atoms. The lowest BCUT2D eigenvalue weighted by Crippen LogP contribution is -2.72. The standard InChI is InChI=1S/C17H26N4O2/c22-16(18-8-10-20-9-2-7-19-20)21-13-17(5-1-6-17)15(21)14-3-11-23-12-4-14/h2,7,9,14-15H,1,3-6,8,10-13H2,(H,18,22). The number of amides is 2. The van der Waals surface area contributed by atoms with Crippen LogP contribution in [0.5, 0.6) is 0 Å². The molecule has 3 fully saturated rings. The molecular weight excluding hydrogens is 292 g/mol. The van der Waals surface area contributed by atoms with Crippen LogP contribution in [0.1, 0.15) is 32.1 Å². The maximum Gasteiger partial charge on any atom is 0.317 e. The van der Waals surface area contributed by atoms with E-state index in [0.29, 0.717) is 23.9 Å². The molecule has 0 bridgehead atoms. The van der Waals surface area contributed by atoms with Gasteiger partial charge in [0.1, 0.15) is 0 Å². The summed E-state index contributed by atoms with van der Waals surface area (Å²) in [5.41, 5.74) is 0.432. The topological polar surface area (TPSA) is 59.4 Å². The van der Waals surface area contributed by atoms with Crippen LogP contribution < -0.4 is 5.32 Å². The fraction of sp³-hybridized carbons (Fsp3) is 0.765. The highest BCUT2D eigenvalue weighted by Gasteiger charge is 2.59. The third kappa shape index (κ3) is 2.73. The van der Waals surface area contributed by atoms with E-state index >= 15 is 0 Å². The summed E-state index contributed by atoms with van der Waals surface area (Å²) in [5, 5.41) is 7.24.